The maximum Gasteiger partial charge on any atom is 0.319 e. The topological polar surface area (TPSA) is 108 Å². The third kappa shape index (κ3) is 8.84. The number of tetrazole rings is 1. The van der Waals surface area contributed by atoms with Gasteiger partial charge >= 0.3 is 6.03 Å². The quantitative estimate of drug-likeness (QED) is 0.321. The van der Waals surface area contributed by atoms with Crippen LogP contribution in [0.15, 0.2) is 42.5 Å². The number of carbonyl (C=O) groups excluding carboxylic acids is 2. The van der Waals surface area contributed by atoms with E-state index in [4.69, 9.17) is 0 Å². The molecule has 0 bridgehead atoms. The summed E-state index contributed by atoms with van der Waals surface area (Å²) in [7, 11) is 5.75. The molecular weight excluding hydrogens is 559 g/mol. The van der Waals surface area contributed by atoms with E-state index in [1.165, 1.54) is 12.1 Å². The first-order valence-corrected chi connectivity index (χ1v) is 15.4. The average molecular weight is 607 g/mol. The van der Waals surface area contributed by atoms with Crippen LogP contribution in [0.1, 0.15) is 58.1 Å². The maximum atomic E-state index is 13.5. The van der Waals surface area contributed by atoms with Crippen molar-refractivity contribution >= 4 is 17.6 Å². The molecule has 2 N–H and O–H groups in total. The third-order valence-corrected chi connectivity index (χ3v) is 8.70. The molecule has 0 spiro atoms. The fourth-order valence-corrected chi connectivity index (χ4v) is 6.53. The standard InChI is InChI=1S/C33H47FN8O2/c1-8-23-15-26(31-37-38-39-42(31)7)17-28(16-23)35-32(44)36-30-18-29(41(6)22(2)43)14-11-25(30)20-40(5)21-33(3,4)19-24-9-12-27(34)13-10-24/h9-10,12-13,15-17,25,29-30H,8,11,14,18-21H2,1-7H3,(H2,35,36,44)/t25-,29-,30+/m0/s1. The van der Waals surface area contributed by atoms with E-state index in [0.717, 1.165) is 55.5 Å². The van der Waals surface area contributed by atoms with Crippen molar-refractivity contribution in [2.45, 2.75) is 71.9 Å². The Labute approximate surface area is 260 Å². The molecular formula is C33H47FN8O2. The maximum absolute atomic E-state index is 13.5. The van der Waals surface area contributed by atoms with E-state index >= 15 is 0 Å². The van der Waals surface area contributed by atoms with Crippen molar-refractivity contribution in [1.29, 1.82) is 0 Å². The molecule has 0 unspecified atom stereocenters. The van der Waals surface area contributed by atoms with Crippen molar-refractivity contribution in [2.24, 2.45) is 18.4 Å². The summed E-state index contributed by atoms with van der Waals surface area (Å²) < 4.78 is 15.0. The first-order chi connectivity index (χ1) is 20.8. The van der Waals surface area contributed by atoms with Crippen molar-refractivity contribution in [3.8, 4) is 11.4 Å². The van der Waals surface area contributed by atoms with Gasteiger partial charge < -0.3 is 20.4 Å². The predicted molar refractivity (Wildman–Crippen MR) is 171 cm³/mol. The average Bonchev–Trinajstić information content (AvgIpc) is 3.39. The Kier molecular flexibility index (Phi) is 10.7. The lowest BCUT2D eigenvalue weighted by molar-refractivity contribution is -0.130. The zero-order chi connectivity index (χ0) is 32.0. The highest BCUT2D eigenvalue weighted by Crippen LogP contribution is 2.31. The number of nitrogens with zero attached hydrogens (tertiary/aromatic N) is 6. The van der Waals surface area contributed by atoms with E-state index in [9.17, 15) is 14.0 Å². The highest BCUT2D eigenvalue weighted by molar-refractivity contribution is 5.90. The van der Waals surface area contributed by atoms with Gasteiger partial charge in [0.2, 0.25) is 5.91 Å². The molecule has 1 aliphatic carbocycles. The van der Waals surface area contributed by atoms with Crippen LogP contribution in [0, 0.1) is 17.2 Å². The van der Waals surface area contributed by atoms with Gasteiger partial charge in [-0.1, -0.05) is 32.9 Å². The number of aryl methyl sites for hydroxylation is 2. The molecule has 4 rings (SSSR count). The zero-order valence-corrected chi connectivity index (χ0v) is 27.1. The number of anilines is 1. The fourth-order valence-electron chi connectivity index (χ4n) is 6.53. The van der Waals surface area contributed by atoms with Crippen LogP contribution in [-0.4, -0.2) is 81.2 Å². The monoisotopic (exact) mass is 606 g/mol. The lowest BCUT2D eigenvalue weighted by Gasteiger charge is -2.42. The SMILES string of the molecule is CCc1cc(NC(=O)N[C@@H]2C[C@@H](N(C)C(C)=O)CC[C@H]2CN(C)CC(C)(C)Cc2ccc(F)cc2)cc(-c2nnnn2C)c1. The molecule has 3 amide bonds. The molecule has 1 heterocycles. The Morgan fingerprint density at radius 2 is 1.82 bits per heavy atom. The van der Waals surface area contributed by atoms with Crippen LogP contribution in [0.3, 0.4) is 0 Å². The van der Waals surface area contributed by atoms with Crippen LogP contribution in [0.25, 0.3) is 11.4 Å². The van der Waals surface area contributed by atoms with E-state index in [2.05, 4.69) is 58.9 Å². The summed E-state index contributed by atoms with van der Waals surface area (Å²) in [4.78, 5) is 29.8. The van der Waals surface area contributed by atoms with Crippen molar-refractivity contribution in [3.63, 3.8) is 0 Å². The van der Waals surface area contributed by atoms with Gasteiger partial charge in [0, 0.05) is 57.4 Å². The third-order valence-electron chi connectivity index (χ3n) is 8.70. The van der Waals surface area contributed by atoms with Gasteiger partial charge in [-0.2, -0.15) is 0 Å². The normalized spacial score (nSPS) is 18.7. The second kappa shape index (κ2) is 14.3. The fraction of sp³-hybridized carbons (Fsp3) is 0.545. The van der Waals surface area contributed by atoms with Crippen molar-refractivity contribution in [1.82, 2.24) is 35.3 Å². The molecule has 1 aromatic heterocycles. The molecule has 3 atom stereocenters. The highest BCUT2D eigenvalue weighted by Gasteiger charge is 2.35. The number of carbonyl (C=O) groups is 2. The first kappa shape index (κ1) is 33.0. The Balaban J connectivity index is 1.45. The smallest absolute Gasteiger partial charge is 0.319 e. The minimum atomic E-state index is -0.277. The van der Waals surface area contributed by atoms with Crippen LogP contribution in [0.2, 0.25) is 0 Å². The molecule has 10 nitrogen and oxygen atoms in total. The Bertz CT molecular complexity index is 1420. The Hall–Kier alpha value is -3.86. The zero-order valence-electron chi connectivity index (χ0n) is 27.1. The van der Waals surface area contributed by atoms with Crippen LogP contribution in [0.5, 0.6) is 0 Å². The van der Waals surface area contributed by atoms with Crippen LogP contribution < -0.4 is 10.6 Å². The van der Waals surface area contributed by atoms with Gasteiger partial charge in [-0.15, -0.1) is 5.10 Å². The molecule has 0 saturated heterocycles. The van der Waals surface area contributed by atoms with Gasteiger partial charge in [-0.05, 0) is 102 Å². The second-order valence-corrected chi connectivity index (χ2v) is 13.1. The molecule has 1 aliphatic rings. The van der Waals surface area contributed by atoms with E-state index in [1.807, 2.05) is 37.4 Å². The van der Waals surface area contributed by atoms with E-state index < -0.39 is 0 Å². The molecule has 0 aliphatic heterocycles. The molecule has 2 aromatic carbocycles. The Morgan fingerprint density at radius 1 is 1.09 bits per heavy atom. The second-order valence-electron chi connectivity index (χ2n) is 13.1. The van der Waals surface area contributed by atoms with Crippen molar-refractivity contribution in [3.05, 3.63) is 59.4 Å². The van der Waals surface area contributed by atoms with Gasteiger partial charge in [-0.25, -0.2) is 13.9 Å². The van der Waals surface area contributed by atoms with Gasteiger partial charge in [-0.3, -0.25) is 4.79 Å². The number of urea groups is 1. The van der Waals surface area contributed by atoms with Gasteiger partial charge in [0.25, 0.3) is 0 Å². The van der Waals surface area contributed by atoms with Gasteiger partial charge in [0.15, 0.2) is 5.82 Å². The molecule has 0 radical (unpaired) electrons. The summed E-state index contributed by atoms with van der Waals surface area (Å²) in [5.41, 5.74) is 3.64. The minimum absolute atomic E-state index is 0.0264. The molecule has 1 saturated carbocycles. The summed E-state index contributed by atoms with van der Waals surface area (Å²) in [5.74, 6) is 0.639. The molecule has 11 heteroatoms. The summed E-state index contributed by atoms with van der Waals surface area (Å²) in [6.45, 7) is 9.76. The van der Waals surface area contributed by atoms with E-state index in [0.29, 0.717) is 17.9 Å². The number of halogens is 1. The molecule has 3 aromatic rings. The van der Waals surface area contributed by atoms with Crippen molar-refractivity contribution < 1.29 is 14.0 Å². The summed E-state index contributed by atoms with van der Waals surface area (Å²) in [5, 5.41) is 18.1. The lowest BCUT2D eigenvalue weighted by Crippen LogP contribution is -2.53. The van der Waals surface area contributed by atoms with Crippen LogP contribution in [0.4, 0.5) is 14.9 Å². The Morgan fingerprint density at radius 3 is 2.45 bits per heavy atom. The number of nitrogens with one attached hydrogen (secondary N) is 2. The van der Waals surface area contributed by atoms with E-state index in [1.54, 1.807) is 23.6 Å². The highest BCUT2D eigenvalue weighted by atomic mass is 19.1. The predicted octanol–water partition coefficient (Wildman–Crippen LogP) is 4.92. The number of hydrogen-bond donors (Lipinski definition) is 2. The summed E-state index contributed by atoms with van der Waals surface area (Å²) >= 11 is 0. The number of hydrogen-bond acceptors (Lipinski definition) is 6. The van der Waals surface area contributed by atoms with Crippen LogP contribution in [-0.2, 0) is 24.7 Å². The molecule has 1 fully saturated rings. The summed E-state index contributed by atoms with van der Waals surface area (Å²) in [6, 6.07) is 12.3. The van der Waals surface area contributed by atoms with E-state index in [-0.39, 0.29) is 41.2 Å². The molecule has 44 heavy (non-hydrogen) atoms. The first-order valence-electron chi connectivity index (χ1n) is 15.4. The summed E-state index contributed by atoms with van der Waals surface area (Å²) in [6.07, 6.45) is 4.10. The van der Waals surface area contributed by atoms with Gasteiger partial charge in [0.1, 0.15) is 5.82 Å². The van der Waals surface area contributed by atoms with Gasteiger partial charge in [0.05, 0.1) is 0 Å². The van der Waals surface area contributed by atoms with Crippen molar-refractivity contribution in [2.75, 3.05) is 32.5 Å². The number of rotatable bonds is 11. The lowest BCUT2D eigenvalue weighted by atomic mass is 9.80. The number of amides is 3. The number of aromatic nitrogens is 4. The minimum Gasteiger partial charge on any atom is -0.343 e. The largest absolute Gasteiger partial charge is 0.343 e. The number of benzene rings is 2. The van der Waals surface area contributed by atoms with Crippen LogP contribution >= 0.6 is 0 Å². The molecule has 238 valence electrons.